The summed E-state index contributed by atoms with van der Waals surface area (Å²) < 4.78 is 33.9. The van der Waals surface area contributed by atoms with Crippen molar-refractivity contribution >= 4 is 5.91 Å². The largest absolute Gasteiger partial charge is 0.394 e. The van der Waals surface area contributed by atoms with Crippen LogP contribution < -0.4 is 5.32 Å². The number of aliphatic hydroxyl groups is 11. The minimum absolute atomic E-state index is 0.229. The monoisotopic (exact) mass is 950 g/mol. The van der Waals surface area contributed by atoms with Gasteiger partial charge in [-0.25, -0.2) is 0 Å². The summed E-state index contributed by atoms with van der Waals surface area (Å²) in [6, 6.07) is -0.988. The molecule has 0 aromatic heterocycles. The van der Waals surface area contributed by atoms with Crippen LogP contribution in [-0.4, -0.2) is 193 Å². The lowest BCUT2D eigenvalue weighted by atomic mass is 9.96. The molecule has 3 heterocycles. The number of carbonyl (C=O) groups is 1. The van der Waals surface area contributed by atoms with E-state index in [2.05, 4.69) is 43.5 Å². The Morgan fingerprint density at radius 3 is 1.52 bits per heavy atom. The van der Waals surface area contributed by atoms with Gasteiger partial charge in [-0.1, -0.05) is 108 Å². The quantitative estimate of drug-likeness (QED) is 0.0325. The first-order valence-electron chi connectivity index (χ1n) is 24.2. The van der Waals surface area contributed by atoms with Crippen LogP contribution in [0.3, 0.4) is 0 Å². The fraction of sp³-hybridized carbons (Fsp3) is 0.851. The standard InChI is InChI=1S/C47H83NO18/c1-3-5-7-9-11-12-13-14-15-16-17-18-19-20-22-24-31(52)30(48-35(53)25-23-21-10-8-6-4-2)29-61-45-41(59)38(56)43(33(27-50)63-45)66-47-42(60)39(57)44(34(28-51)64-47)65-46-40(58)37(55)36(54)32(26-49)62-46/h13-14,17-18,22,24,30-34,36-47,49-52,54-60H,3-12,15-16,19-21,23,25-29H2,1-2H3,(H,48,53)/b14-13+,18-17+,24-22+. The van der Waals surface area contributed by atoms with E-state index >= 15 is 0 Å². The molecule has 3 saturated heterocycles. The van der Waals surface area contributed by atoms with Crippen LogP contribution >= 0.6 is 0 Å². The first kappa shape index (κ1) is 58.3. The fourth-order valence-electron chi connectivity index (χ4n) is 8.04. The van der Waals surface area contributed by atoms with Crippen LogP contribution in [0.25, 0.3) is 0 Å². The van der Waals surface area contributed by atoms with E-state index in [4.69, 9.17) is 28.4 Å². The molecular formula is C47H83NO18. The molecule has 0 bridgehead atoms. The summed E-state index contributed by atoms with van der Waals surface area (Å²) in [6.45, 7) is 1.54. The highest BCUT2D eigenvalue weighted by Gasteiger charge is 2.53. The van der Waals surface area contributed by atoms with E-state index in [1.54, 1.807) is 6.08 Å². The highest BCUT2D eigenvalue weighted by Crippen LogP contribution is 2.33. The summed E-state index contributed by atoms with van der Waals surface area (Å²) in [5.74, 6) is -0.304. The van der Waals surface area contributed by atoms with E-state index in [-0.39, 0.29) is 18.9 Å². The molecule has 3 fully saturated rings. The van der Waals surface area contributed by atoms with Gasteiger partial charge in [0, 0.05) is 6.42 Å². The number of aliphatic hydroxyl groups excluding tert-OH is 11. The molecule has 17 atom stereocenters. The van der Waals surface area contributed by atoms with Gasteiger partial charge in [0.1, 0.15) is 73.2 Å². The molecule has 19 nitrogen and oxygen atoms in total. The van der Waals surface area contributed by atoms with Crippen molar-refractivity contribution in [3.8, 4) is 0 Å². The minimum atomic E-state index is -1.98. The second-order valence-corrected chi connectivity index (χ2v) is 17.6. The zero-order valence-electron chi connectivity index (χ0n) is 38.9. The van der Waals surface area contributed by atoms with Crippen molar-refractivity contribution in [2.24, 2.45) is 0 Å². The smallest absolute Gasteiger partial charge is 0.220 e. The normalized spacial score (nSPS) is 34.1. The zero-order chi connectivity index (χ0) is 48.4. The van der Waals surface area contributed by atoms with Crippen molar-refractivity contribution in [3.05, 3.63) is 36.5 Å². The van der Waals surface area contributed by atoms with Gasteiger partial charge in [-0.3, -0.25) is 4.79 Å². The number of allylic oxidation sites excluding steroid dienone is 5. The van der Waals surface area contributed by atoms with Crippen molar-refractivity contribution in [3.63, 3.8) is 0 Å². The van der Waals surface area contributed by atoms with E-state index in [0.717, 1.165) is 57.8 Å². The van der Waals surface area contributed by atoms with Crippen LogP contribution in [-0.2, 0) is 33.2 Å². The number of unbranched alkanes of at least 4 members (excludes halogenated alkanes) is 12. The Balaban J connectivity index is 1.58. The van der Waals surface area contributed by atoms with Gasteiger partial charge in [-0.2, -0.15) is 0 Å². The molecule has 3 aliphatic rings. The van der Waals surface area contributed by atoms with Crippen LogP contribution in [0.15, 0.2) is 36.5 Å². The maximum atomic E-state index is 13.0. The molecule has 3 aliphatic heterocycles. The Morgan fingerprint density at radius 2 is 0.970 bits per heavy atom. The predicted octanol–water partition coefficient (Wildman–Crippen LogP) is 0.637. The summed E-state index contributed by atoms with van der Waals surface area (Å²) in [5.41, 5.74) is 0. The summed E-state index contributed by atoms with van der Waals surface area (Å²) >= 11 is 0. The van der Waals surface area contributed by atoms with E-state index in [1.165, 1.54) is 32.1 Å². The van der Waals surface area contributed by atoms with Gasteiger partial charge >= 0.3 is 0 Å². The first-order chi connectivity index (χ1) is 31.8. The Labute approximate surface area is 390 Å². The molecule has 0 aromatic rings. The summed E-state index contributed by atoms with van der Waals surface area (Å²) in [5, 5.41) is 119. The van der Waals surface area contributed by atoms with Gasteiger partial charge in [-0.05, 0) is 44.9 Å². The van der Waals surface area contributed by atoms with Crippen LogP contribution in [0.5, 0.6) is 0 Å². The van der Waals surface area contributed by atoms with Gasteiger partial charge in [0.15, 0.2) is 18.9 Å². The van der Waals surface area contributed by atoms with Gasteiger partial charge in [0.2, 0.25) is 5.91 Å². The summed E-state index contributed by atoms with van der Waals surface area (Å²) in [7, 11) is 0. The Bertz CT molecular complexity index is 1370. The Morgan fingerprint density at radius 1 is 0.530 bits per heavy atom. The lowest BCUT2D eigenvalue weighted by molar-refractivity contribution is -0.379. The maximum Gasteiger partial charge on any atom is 0.220 e. The molecule has 17 unspecified atom stereocenters. The summed E-state index contributed by atoms with van der Waals surface area (Å²) in [6.07, 6.45) is 2.04. The predicted molar refractivity (Wildman–Crippen MR) is 240 cm³/mol. The van der Waals surface area contributed by atoms with E-state index in [9.17, 15) is 61.0 Å². The molecule has 384 valence electrons. The van der Waals surface area contributed by atoms with Crippen molar-refractivity contribution in [1.82, 2.24) is 5.32 Å². The average molecular weight is 950 g/mol. The van der Waals surface area contributed by atoms with Crippen LogP contribution in [0, 0.1) is 0 Å². The third-order valence-electron chi connectivity index (χ3n) is 12.2. The number of amides is 1. The molecule has 0 aliphatic carbocycles. The van der Waals surface area contributed by atoms with Gasteiger partial charge < -0.3 is 89.9 Å². The molecule has 12 N–H and O–H groups in total. The highest BCUT2D eigenvalue weighted by atomic mass is 16.8. The summed E-state index contributed by atoms with van der Waals surface area (Å²) in [4.78, 5) is 13.0. The lowest BCUT2D eigenvalue weighted by Gasteiger charge is -2.48. The second-order valence-electron chi connectivity index (χ2n) is 17.6. The number of nitrogens with one attached hydrogen (secondary N) is 1. The minimum Gasteiger partial charge on any atom is -0.394 e. The second kappa shape index (κ2) is 32.8. The third-order valence-corrected chi connectivity index (χ3v) is 12.2. The topological polar surface area (TPSA) is 307 Å². The number of carbonyl (C=O) groups excluding carboxylic acids is 1. The van der Waals surface area contributed by atoms with Crippen molar-refractivity contribution in [2.75, 3.05) is 26.4 Å². The van der Waals surface area contributed by atoms with E-state index in [1.807, 2.05) is 6.08 Å². The SMILES string of the molecule is CCCCCCC/C=C/CC/C=C/CC/C=C/C(O)C(COC1OC(CO)C(OC2OC(CO)C(OC3OC(CO)C(O)C(O)C3O)C(O)C2O)C(O)C1O)NC(=O)CCCCCCCC. The Kier molecular flexibility index (Phi) is 28.9. The molecule has 66 heavy (non-hydrogen) atoms. The third kappa shape index (κ3) is 19.1. The molecule has 1 amide bonds. The maximum absolute atomic E-state index is 13.0. The lowest BCUT2D eigenvalue weighted by Crippen LogP contribution is -2.66. The van der Waals surface area contributed by atoms with Crippen LogP contribution in [0.2, 0.25) is 0 Å². The van der Waals surface area contributed by atoms with Crippen molar-refractivity contribution < 1.29 is 89.4 Å². The molecule has 0 radical (unpaired) electrons. The Hall–Kier alpha value is -1.99. The first-order valence-corrected chi connectivity index (χ1v) is 24.2. The molecule has 19 heteroatoms. The molecular weight excluding hydrogens is 867 g/mol. The van der Waals surface area contributed by atoms with E-state index in [0.29, 0.717) is 12.8 Å². The van der Waals surface area contributed by atoms with Gasteiger partial charge in [-0.15, -0.1) is 0 Å². The molecule has 0 saturated carbocycles. The van der Waals surface area contributed by atoms with Crippen LogP contribution in [0.4, 0.5) is 0 Å². The fourth-order valence-corrected chi connectivity index (χ4v) is 8.04. The van der Waals surface area contributed by atoms with Gasteiger partial charge in [0.25, 0.3) is 0 Å². The van der Waals surface area contributed by atoms with Crippen LogP contribution in [0.1, 0.15) is 123 Å². The zero-order valence-corrected chi connectivity index (χ0v) is 38.9. The average Bonchev–Trinajstić information content (AvgIpc) is 3.31. The molecule has 3 rings (SSSR count). The molecule has 0 aromatic carbocycles. The molecule has 0 spiro atoms. The number of rotatable bonds is 32. The highest BCUT2D eigenvalue weighted by molar-refractivity contribution is 5.76. The number of ether oxygens (including phenoxy) is 6. The number of hydrogen-bond donors (Lipinski definition) is 12. The van der Waals surface area contributed by atoms with Crippen molar-refractivity contribution in [2.45, 2.75) is 227 Å². The van der Waals surface area contributed by atoms with E-state index < -0.39 is 124 Å². The van der Waals surface area contributed by atoms with Gasteiger partial charge in [0.05, 0.1) is 38.6 Å². The van der Waals surface area contributed by atoms with Crippen molar-refractivity contribution in [1.29, 1.82) is 0 Å². The number of hydrogen-bond acceptors (Lipinski definition) is 18.